The van der Waals surface area contributed by atoms with Crippen LogP contribution in [0.4, 0.5) is 0 Å². The van der Waals surface area contributed by atoms with Crippen molar-refractivity contribution >= 4 is 5.97 Å². The molecule has 5 nitrogen and oxygen atoms in total. The van der Waals surface area contributed by atoms with Crippen molar-refractivity contribution in [3.8, 4) is 0 Å². The Hall–Kier alpha value is -1.39. The van der Waals surface area contributed by atoms with Gasteiger partial charge in [0.2, 0.25) is 5.82 Å². The number of carboxylic acid groups (broad SMARTS) is 1. The van der Waals surface area contributed by atoms with Gasteiger partial charge in [0.1, 0.15) is 6.33 Å². The van der Waals surface area contributed by atoms with Crippen LogP contribution in [-0.2, 0) is 0 Å². The van der Waals surface area contributed by atoms with Crippen LogP contribution < -0.4 is 0 Å². The first-order valence-corrected chi connectivity index (χ1v) is 3.92. The third-order valence-corrected chi connectivity index (χ3v) is 2.23. The second kappa shape index (κ2) is 2.58. The third kappa shape index (κ3) is 0.975. The highest BCUT2D eigenvalue weighted by atomic mass is 16.4. The van der Waals surface area contributed by atoms with E-state index in [0.29, 0.717) is 6.04 Å². The zero-order valence-corrected chi connectivity index (χ0v) is 6.47. The highest BCUT2D eigenvalue weighted by Crippen LogP contribution is 2.31. The highest BCUT2D eigenvalue weighted by Gasteiger charge is 2.24. The maximum atomic E-state index is 10.6. The Labute approximate surface area is 69.0 Å². The maximum absolute atomic E-state index is 10.6. The molecule has 0 aliphatic heterocycles. The SMILES string of the molecule is O=C(O)c1nncn1C1CCC1. The summed E-state index contributed by atoms with van der Waals surface area (Å²) in [7, 11) is 0. The van der Waals surface area contributed by atoms with Crippen molar-refractivity contribution in [3.05, 3.63) is 12.2 Å². The molecule has 1 aliphatic carbocycles. The minimum Gasteiger partial charge on any atom is -0.475 e. The summed E-state index contributed by atoms with van der Waals surface area (Å²) in [6.45, 7) is 0. The summed E-state index contributed by atoms with van der Waals surface area (Å²) >= 11 is 0. The van der Waals surface area contributed by atoms with Crippen LogP contribution in [0.1, 0.15) is 35.9 Å². The first-order chi connectivity index (χ1) is 5.79. The number of aromatic nitrogens is 3. The van der Waals surface area contributed by atoms with E-state index >= 15 is 0 Å². The second-order valence-electron chi connectivity index (χ2n) is 2.95. The van der Waals surface area contributed by atoms with Gasteiger partial charge in [-0.15, -0.1) is 10.2 Å². The van der Waals surface area contributed by atoms with Crippen LogP contribution in [-0.4, -0.2) is 25.8 Å². The summed E-state index contributed by atoms with van der Waals surface area (Å²) in [5.41, 5.74) is 0. The highest BCUT2D eigenvalue weighted by molar-refractivity contribution is 5.83. The van der Waals surface area contributed by atoms with E-state index < -0.39 is 5.97 Å². The summed E-state index contributed by atoms with van der Waals surface area (Å²) < 4.78 is 1.64. The topological polar surface area (TPSA) is 68.0 Å². The van der Waals surface area contributed by atoms with E-state index in [4.69, 9.17) is 5.11 Å². The van der Waals surface area contributed by atoms with Crippen molar-refractivity contribution in [2.45, 2.75) is 25.3 Å². The Kier molecular flexibility index (Phi) is 1.56. The first-order valence-electron chi connectivity index (χ1n) is 3.92. The molecule has 0 aromatic carbocycles. The summed E-state index contributed by atoms with van der Waals surface area (Å²) in [6.07, 6.45) is 4.74. The number of hydrogen-bond acceptors (Lipinski definition) is 3. The minimum absolute atomic E-state index is 0.0553. The van der Waals surface area contributed by atoms with Crippen molar-refractivity contribution in [3.63, 3.8) is 0 Å². The third-order valence-electron chi connectivity index (χ3n) is 2.23. The smallest absolute Gasteiger partial charge is 0.374 e. The lowest BCUT2D eigenvalue weighted by Crippen LogP contribution is -2.20. The molecule has 1 aliphatic rings. The quantitative estimate of drug-likeness (QED) is 0.704. The lowest BCUT2D eigenvalue weighted by Gasteiger charge is -2.26. The van der Waals surface area contributed by atoms with E-state index in [2.05, 4.69) is 10.2 Å². The number of aromatic carboxylic acids is 1. The normalized spacial score (nSPS) is 17.3. The van der Waals surface area contributed by atoms with Gasteiger partial charge in [-0.05, 0) is 19.3 Å². The second-order valence-corrected chi connectivity index (χ2v) is 2.95. The van der Waals surface area contributed by atoms with Crippen molar-refractivity contribution in [1.82, 2.24) is 14.8 Å². The lowest BCUT2D eigenvalue weighted by atomic mass is 9.93. The van der Waals surface area contributed by atoms with Crippen LogP contribution in [0.3, 0.4) is 0 Å². The van der Waals surface area contributed by atoms with Gasteiger partial charge in [0.05, 0.1) is 0 Å². The Morgan fingerprint density at radius 2 is 2.42 bits per heavy atom. The molecule has 64 valence electrons. The predicted molar refractivity (Wildman–Crippen MR) is 39.9 cm³/mol. The van der Waals surface area contributed by atoms with Gasteiger partial charge >= 0.3 is 5.97 Å². The van der Waals surface area contributed by atoms with Crippen molar-refractivity contribution < 1.29 is 9.90 Å². The maximum Gasteiger partial charge on any atom is 0.374 e. The Morgan fingerprint density at radius 1 is 1.67 bits per heavy atom. The molecule has 2 rings (SSSR count). The Morgan fingerprint density at radius 3 is 2.92 bits per heavy atom. The van der Waals surface area contributed by atoms with Crippen LogP contribution in [0.25, 0.3) is 0 Å². The molecular weight excluding hydrogens is 158 g/mol. The summed E-state index contributed by atoms with van der Waals surface area (Å²) in [6, 6.07) is 0.311. The largest absolute Gasteiger partial charge is 0.475 e. The van der Waals surface area contributed by atoms with Gasteiger partial charge in [-0.3, -0.25) is 0 Å². The molecule has 0 atom stereocenters. The molecule has 0 unspecified atom stereocenters. The van der Waals surface area contributed by atoms with Crippen LogP contribution in [0.5, 0.6) is 0 Å². The standard InChI is InChI=1S/C7H9N3O2/c11-7(12)6-9-8-4-10(6)5-2-1-3-5/h4-5H,1-3H2,(H,11,12). The van der Waals surface area contributed by atoms with Gasteiger partial charge < -0.3 is 9.67 Å². The van der Waals surface area contributed by atoms with Crippen molar-refractivity contribution in [1.29, 1.82) is 0 Å². The zero-order valence-electron chi connectivity index (χ0n) is 6.47. The van der Waals surface area contributed by atoms with Crippen molar-refractivity contribution in [2.75, 3.05) is 0 Å². The summed E-state index contributed by atoms with van der Waals surface area (Å²) in [5.74, 6) is -0.945. The lowest BCUT2D eigenvalue weighted by molar-refractivity contribution is 0.0671. The minimum atomic E-state index is -1.00. The molecular formula is C7H9N3O2. The number of nitrogens with zero attached hydrogens (tertiary/aromatic N) is 3. The van der Waals surface area contributed by atoms with Gasteiger partial charge in [-0.25, -0.2) is 4.79 Å². The number of carbonyl (C=O) groups is 1. The Balaban J connectivity index is 2.29. The van der Waals surface area contributed by atoms with E-state index in [1.807, 2.05) is 0 Å². The van der Waals surface area contributed by atoms with E-state index in [0.717, 1.165) is 12.8 Å². The number of hydrogen-bond donors (Lipinski definition) is 1. The molecule has 1 saturated carbocycles. The number of carboxylic acids is 1. The monoisotopic (exact) mass is 167 g/mol. The molecule has 1 fully saturated rings. The number of rotatable bonds is 2. The average Bonchev–Trinajstić information content (AvgIpc) is 2.31. The molecule has 0 saturated heterocycles. The van der Waals surface area contributed by atoms with Crippen LogP contribution in [0.2, 0.25) is 0 Å². The van der Waals surface area contributed by atoms with Gasteiger partial charge in [-0.2, -0.15) is 0 Å². The molecule has 1 aromatic rings. The molecule has 1 N–H and O–H groups in total. The van der Waals surface area contributed by atoms with Crippen LogP contribution >= 0.6 is 0 Å². The molecule has 1 heterocycles. The molecule has 0 spiro atoms. The van der Waals surface area contributed by atoms with E-state index in [9.17, 15) is 4.79 Å². The predicted octanol–water partition coefficient (Wildman–Crippen LogP) is 0.701. The summed E-state index contributed by atoms with van der Waals surface area (Å²) in [5, 5.41) is 15.8. The van der Waals surface area contributed by atoms with Gasteiger partial charge in [0, 0.05) is 6.04 Å². The molecule has 1 aromatic heterocycles. The van der Waals surface area contributed by atoms with Crippen LogP contribution in [0, 0.1) is 0 Å². The van der Waals surface area contributed by atoms with Gasteiger partial charge in [-0.1, -0.05) is 0 Å². The molecule has 5 heteroatoms. The summed E-state index contributed by atoms with van der Waals surface area (Å²) in [4.78, 5) is 10.6. The van der Waals surface area contributed by atoms with Crippen LogP contribution in [0.15, 0.2) is 6.33 Å². The molecule has 0 radical (unpaired) electrons. The molecule has 12 heavy (non-hydrogen) atoms. The Bertz CT molecular complexity index is 303. The average molecular weight is 167 g/mol. The fourth-order valence-electron chi connectivity index (χ4n) is 1.33. The molecule has 0 bridgehead atoms. The van der Waals surface area contributed by atoms with E-state index in [-0.39, 0.29) is 5.82 Å². The van der Waals surface area contributed by atoms with Gasteiger partial charge in [0.15, 0.2) is 0 Å². The fourth-order valence-corrected chi connectivity index (χ4v) is 1.33. The van der Waals surface area contributed by atoms with Gasteiger partial charge in [0.25, 0.3) is 0 Å². The molecule has 0 amide bonds. The van der Waals surface area contributed by atoms with E-state index in [1.165, 1.54) is 12.7 Å². The van der Waals surface area contributed by atoms with Crippen molar-refractivity contribution in [2.24, 2.45) is 0 Å². The first kappa shape index (κ1) is 7.27. The zero-order chi connectivity index (χ0) is 8.55. The van der Waals surface area contributed by atoms with E-state index in [1.54, 1.807) is 4.57 Å². The fraction of sp³-hybridized carbons (Fsp3) is 0.571.